The number of pyridine rings is 2. The lowest BCUT2D eigenvalue weighted by Gasteiger charge is -2.52. The summed E-state index contributed by atoms with van der Waals surface area (Å²) in [5.41, 5.74) is 6.48. The molecular weight excluding hydrogens is 821 g/mol. The second-order valence-corrected chi connectivity index (χ2v) is 18.9. The molecule has 9 heterocycles. The first-order valence-corrected chi connectivity index (χ1v) is 24.2. The Morgan fingerprint density at radius 3 is 1.47 bits per heavy atom. The van der Waals surface area contributed by atoms with Crippen LogP contribution in [-0.2, 0) is 0 Å². The topological polar surface area (TPSA) is 95.0 Å². The summed E-state index contributed by atoms with van der Waals surface area (Å²) in [6.45, 7) is 8.88. The van der Waals surface area contributed by atoms with E-state index < -0.39 is 12.2 Å². The molecular formula is C56H60N6O4. The molecule has 6 saturated heterocycles. The van der Waals surface area contributed by atoms with E-state index in [-0.39, 0.29) is 12.1 Å². The zero-order valence-electron chi connectivity index (χ0n) is 38.6. The van der Waals surface area contributed by atoms with Crippen molar-refractivity contribution in [2.45, 2.75) is 76.7 Å². The van der Waals surface area contributed by atoms with Crippen LogP contribution in [0, 0.1) is 23.7 Å². The molecule has 6 aliphatic heterocycles. The standard InChI is InChI=1S/C56H60N6O4/c1-5-35-33-61-27-23-39(35)29-49(61)52(43-21-25-57-47-19-17-41(63-3)31-45(43)47)65-55-51(37-13-9-7-10-14-37)56(60-54(59-55)38-15-11-8-12-16-38)66-53(50-30-40-24-28-62(50)34-36(40)6-2)44-22-26-58-48-20-18-42(64-4)32-46(44)48/h7-22,25-26,31-32,35-36,39-40,49-50,52-53H,5-6,23-24,27-30,33-34H2,1-4H3/t35?,36?,39?,40?,49-,50?,52+,53+/m0/s1. The zero-order chi connectivity index (χ0) is 44.7. The quantitative estimate of drug-likeness (QED) is 0.105. The third-order valence-electron chi connectivity index (χ3n) is 15.6. The lowest BCUT2D eigenvalue weighted by atomic mass is 9.72. The minimum absolute atomic E-state index is 0.106. The third-order valence-corrected chi connectivity index (χ3v) is 15.6. The Morgan fingerprint density at radius 2 is 1.05 bits per heavy atom. The van der Waals surface area contributed by atoms with Gasteiger partial charge in [0.1, 0.15) is 29.3 Å². The van der Waals surface area contributed by atoms with Crippen molar-refractivity contribution in [3.63, 3.8) is 0 Å². The van der Waals surface area contributed by atoms with Gasteiger partial charge in [-0.15, -0.1) is 0 Å². The molecule has 10 heteroatoms. The molecule has 4 aromatic carbocycles. The van der Waals surface area contributed by atoms with Crippen molar-refractivity contribution in [1.29, 1.82) is 0 Å². The summed E-state index contributed by atoms with van der Waals surface area (Å²) >= 11 is 0. The fourth-order valence-electron chi connectivity index (χ4n) is 12.1. The van der Waals surface area contributed by atoms with Crippen LogP contribution >= 0.6 is 0 Å². The van der Waals surface area contributed by atoms with Crippen LogP contribution < -0.4 is 18.9 Å². The van der Waals surface area contributed by atoms with Gasteiger partial charge in [0.05, 0.1) is 37.3 Å². The predicted molar refractivity (Wildman–Crippen MR) is 260 cm³/mol. The molecule has 7 aromatic rings. The van der Waals surface area contributed by atoms with Gasteiger partial charge in [-0.25, -0.2) is 0 Å². The van der Waals surface area contributed by atoms with Crippen LogP contribution in [0.2, 0.25) is 0 Å². The van der Waals surface area contributed by atoms with E-state index in [9.17, 15) is 0 Å². The highest BCUT2D eigenvalue weighted by atomic mass is 16.5. The first-order chi connectivity index (χ1) is 32.5. The maximum atomic E-state index is 7.76. The van der Waals surface area contributed by atoms with E-state index in [2.05, 4.69) is 90.4 Å². The summed E-state index contributed by atoms with van der Waals surface area (Å²) in [4.78, 5) is 26.0. The zero-order valence-corrected chi connectivity index (χ0v) is 38.6. The molecule has 6 fully saturated rings. The average Bonchev–Trinajstić information content (AvgIpc) is 3.39. The number of hydrogen-bond acceptors (Lipinski definition) is 10. The maximum absolute atomic E-state index is 7.76. The summed E-state index contributed by atoms with van der Waals surface area (Å²) in [6.07, 6.45) is 9.90. The molecule has 0 spiro atoms. The molecule has 0 aliphatic carbocycles. The highest BCUT2D eigenvalue weighted by Crippen LogP contribution is 2.50. The number of piperidine rings is 6. The highest BCUT2D eigenvalue weighted by molar-refractivity contribution is 5.85. The minimum Gasteiger partial charge on any atom is -0.497 e. The van der Waals surface area contributed by atoms with Gasteiger partial charge in [-0.05, 0) is 117 Å². The van der Waals surface area contributed by atoms with Crippen molar-refractivity contribution >= 4 is 21.8 Å². The first-order valence-electron chi connectivity index (χ1n) is 24.2. The maximum Gasteiger partial charge on any atom is 0.229 e. The lowest BCUT2D eigenvalue weighted by molar-refractivity contribution is -0.0510. The number of nitrogens with zero attached hydrogens (tertiary/aromatic N) is 6. The van der Waals surface area contributed by atoms with Crippen molar-refractivity contribution in [2.24, 2.45) is 23.7 Å². The molecule has 0 amide bonds. The molecule has 0 saturated carbocycles. The number of rotatable bonds is 14. The fraction of sp³-hybridized carbons (Fsp3) is 0.393. The largest absolute Gasteiger partial charge is 0.497 e. The Balaban J connectivity index is 1.13. The molecule has 3 aromatic heterocycles. The Hall–Kier alpha value is -6.10. The van der Waals surface area contributed by atoms with Gasteiger partial charge < -0.3 is 18.9 Å². The van der Waals surface area contributed by atoms with Crippen molar-refractivity contribution in [3.05, 3.63) is 133 Å². The molecule has 4 bridgehead atoms. The normalized spacial score (nSPS) is 25.4. The first kappa shape index (κ1) is 42.5. The van der Waals surface area contributed by atoms with Gasteiger partial charge in [0.2, 0.25) is 11.8 Å². The number of fused-ring (bicyclic) bond motifs is 8. The van der Waals surface area contributed by atoms with Crippen LogP contribution in [0.5, 0.6) is 23.3 Å². The van der Waals surface area contributed by atoms with Gasteiger partial charge in [0, 0.05) is 52.9 Å². The number of benzene rings is 4. The number of ether oxygens (including phenoxy) is 4. The summed E-state index contributed by atoms with van der Waals surface area (Å²) in [5, 5.41) is 2.02. The van der Waals surface area contributed by atoms with Crippen molar-refractivity contribution in [2.75, 3.05) is 40.4 Å². The van der Waals surface area contributed by atoms with Crippen molar-refractivity contribution in [1.82, 2.24) is 29.7 Å². The van der Waals surface area contributed by atoms with E-state index in [1.807, 2.05) is 54.9 Å². The highest BCUT2D eigenvalue weighted by Gasteiger charge is 2.47. The molecule has 13 rings (SSSR count). The molecule has 10 nitrogen and oxygen atoms in total. The summed E-state index contributed by atoms with van der Waals surface area (Å²) in [6, 6.07) is 37.4. The van der Waals surface area contributed by atoms with Crippen LogP contribution in [0.15, 0.2) is 122 Å². The van der Waals surface area contributed by atoms with Crippen molar-refractivity contribution in [3.8, 4) is 45.8 Å². The third kappa shape index (κ3) is 7.91. The Bertz CT molecular complexity index is 2680. The molecule has 338 valence electrons. The summed E-state index contributed by atoms with van der Waals surface area (Å²) in [5.74, 6) is 5.70. The van der Waals surface area contributed by atoms with E-state index in [4.69, 9.17) is 38.9 Å². The number of methoxy groups -OCH3 is 2. The molecule has 66 heavy (non-hydrogen) atoms. The number of aromatic nitrogens is 4. The van der Waals surface area contributed by atoms with Gasteiger partial charge in [-0.1, -0.05) is 87.4 Å². The second kappa shape index (κ2) is 18.3. The SMILES string of the molecule is CCC1CN2CCC1CC2[C@H](Oc1nc(-c2ccccc2)nc(O[C@H](c2ccnc3ccc(OC)cc23)[C@@H]2CC3CCN2CC3CC)c1-c1ccccc1)c1ccnc2ccc(OC)cc12. The van der Waals surface area contributed by atoms with Crippen LogP contribution in [0.25, 0.3) is 44.3 Å². The lowest BCUT2D eigenvalue weighted by Crippen LogP contribution is -2.56. The van der Waals surface area contributed by atoms with Crippen LogP contribution in [-0.4, -0.2) is 82.2 Å². The van der Waals surface area contributed by atoms with Crippen LogP contribution in [0.4, 0.5) is 0 Å². The molecule has 7 unspecified atom stereocenters. The van der Waals surface area contributed by atoms with E-state index >= 15 is 0 Å². The smallest absolute Gasteiger partial charge is 0.229 e. The minimum atomic E-state index is -0.393. The summed E-state index contributed by atoms with van der Waals surface area (Å²) in [7, 11) is 3.44. The van der Waals surface area contributed by atoms with Gasteiger partial charge in [-0.2, -0.15) is 9.97 Å². The van der Waals surface area contributed by atoms with Gasteiger partial charge >= 0.3 is 0 Å². The van der Waals surface area contributed by atoms with E-state index in [1.165, 1.54) is 25.7 Å². The molecule has 0 N–H and O–H groups in total. The van der Waals surface area contributed by atoms with E-state index in [0.29, 0.717) is 41.3 Å². The Labute approximate surface area is 388 Å². The van der Waals surface area contributed by atoms with Gasteiger partial charge in [-0.3, -0.25) is 19.8 Å². The monoisotopic (exact) mass is 880 g/mol. The second-order valence-electron chi connectivity index (χ2n) is 18.9. The van der Waals surface area contributed by atoms with E-state index in [0.717, 1.165) is 100 Å². The van der Waals surface area contributed by atoms with Gasteiger partial charge in [0.25, 0.3) is 0 Å². The van der Waals surface area contributed by atoms with Crippen LogP contribution in [0.3, 0.4) is 0 Å². The van der Waals surface area contributed by atoms with E-state index in [1.54, 1.807) is 14.2 Å². The average molecular weight is 881 g/mol. The molecule has 10 atom stereocenters. The number of hydrogen-bond donors (Lipinski definition) is 0. The fourth-order valence-corrected chi connectivity index (χ4v) is 12.1. The summed E-state index contributed by atoms with van der Waals surface area (Å²) < 4.78 is 27.2. The van der Waals surface area contributed by atoms with Gasteiger partial charge in [0.15, 0.2) is 5.82 Å². The Kier molecular flexibility index (Phi) is 11.8. The molecule has 0 radical (unpaired) electrons. The molecule has 6 aliphatic rings. The Morgan fingerprint density at radius 1 is 0.576 bits per heavy atom. The van der Waals surface area contributed by atoms with Crippen molar-refractivity contribution < 1.29 is 18.9 Å². The van der Waals surface area contributed by atoms with Crippen LogP contribution in [0.1, 0.15) is 75.7 Å². The predicted octanol–water partition coefficient (Wildman–Crippen LogP) is 11.4.